The van der Waals surface area contributed by atoms with Gasteiger partial charge in [0.2, 0.25) is 0 Å². The number of unbranched alkanes of at least 4 members (excludes halogenated alkanes) is 1. The van der Waals surface area contributed by atoms with Gasteiger partial charge in [0.1, 0.15) is 13.2 Å². The molecule has 2 rings (SSSR count). The lowest BCUT2D eigenvalue weighted by Crippen LogP contribution is -2.37. The van der Waals surface area contributed by atoms with E-state index in [2.05, 4.69) is 10.6 Å². The molecule has 8 nitrogen and oxygen atoms in total. The molecule has 0 saturated heterocycles. The third-order valence-corrected chi connectivity index (χ3v) is 4.42. The van der Waals surface area contributed by atoms with Crippen molar-refractivity contribution in [1.82, 2.24) is 10.6 Å². The Hall–Kier alpha value is -3.55. The van der Waals surface area contributed by atoms with Crippen molar-refractivity contribution in [3.63, 3.8) is 0 Å². The van der Waals surface area contributed by atoms with Gasteiger partial charge in [-0.3, -0.25) is 4.79 Å². The molecule has 3 N–H and O–H groups in total. The summed E-state index contributed by atoms with van der Waals surface area (Å²) < 4.78 is 10.3. The molecule has 2 aromatic carbocycles. The Morgan fingerprint density at radius 2 is 1.35 bits per heavy atom. The van der Waals surface area contributed by atoms with E-state index >= 15 is 0 Å². The first-order chi connectivity index (χ1) is 15.0. The molecule has 0 aliphatic rings. The van der Waals surface area contributed by atoms with Crippen LogP contribution in [0.2, 0.25) is 0 Å². The average Bonchev–Trinajstić information content (AvgIpc) is 2.77. The normalized spacial score (nSPS) is 11.2. The number of nitrogens with one attached hydrogen (secondary N) is 2. The van der Waals surface area contributed by atoms with Crippen LogP contribution in [-0.4, -0.2) is 35.8 Å². The van der Waals surface area contributed by atoms with Crippen LogP contribution in [0.1, 0.15) is 36.8 Å². The second-order valence-electron chi connectivity index (χ2n) is 6.99. The molecule has 0 unspecified atom stereocenters. The number of carboxylic acids is 1. The number of hydrogen-bond donors (Lipinski definition) is 3. The minimum Gasteiger partial charge on any atom is -0.481 e. The lowest BCUT2D eigenvalue weighted by atomic mass is 10.1. The van der Waals surface area contributed by atoms with Crippen molar-refractivity contribution in [3.05, 3.63) is 71.8 Å². The average molecular weight is 428 g/mol. The second kappa shape index (κ2) is 13.6. The minimum absolute atomic E-state index is 0.113. The van der Waals surface area contributed by atoms with Crippen molar-refractivity contribution < 1.29 is 29.0 Å². The van der Waals surface area contributed by atoms with Crippen LogP contribution in [0.15, 0.2) is 60.7 Å². The lowest BCUT2D eigenvalue weighted by Gasteiger charge is -2.17. The zero-order valence-electron chi connectivity index (χ0n) is 17.3. The van der Waals surface area contributed by atoms with E-state index in [1.165, 1.54) is 0 Å². The number of ether oxygens (including phenoxy) is 2. The van der Waals surface area contributed by atoms with Gasteiger partial charge in [0.25, 0.3) is 0 Å². The monoisotopic (exact) mass is 428 g/mol. The maximum absolute atomic E-state index is 12.0. The third kappa shape index (κ3) is 10.7. The summed E-state index contributed by atoms with van der Waals surface area (Å²) in [6.07, 6.45) is 0.333. The molecule has 0 aliphatic heterocycles. The van der Waals surface area contributed by atoms with Crippen LogP contribution in [0.3, 0.4) is 0 Å². The highest BCUT2D eigenvalue weighted by atomic mass is 16.6. The fourth-order valence-electron chi connectivity index (χ4n) is 2.85. The first-order valence-corrected chi connectivity index (χ1v) is 10.2. The number of amides is 2. The molecule has 1 atom stereocenters. The SMILES string of the molecule is O=C(O)C[C@H](CCCCNC(=O)OCc1ccccc1)NC(=O)OCc1ccccc1. The molecular formula is C23H28N2O6. The number of benzene rings is 2. The van der Waals surface area contributed by atoms with Gasteiger partial charge in [0, 0.05) is 12.6 Å². The molecule has 0 spiro atoms. The highest BCUT2D eigenvalue weighted by Crippen LogP contribution is 2.07. The number of rotatable bonds is 12. The standard InChI is InChI=1S/C23H28N2O6/c26-21(27)15-20(25-23(29)31-17-19-11-5-2-6-12-19)13-7-8-14-24-22(28)30-16-18-9-3-1-4-10-18/h1-6,9-12,20H,7-8,13-17H2,(H,24,28)(H,25,29)(H,26,27)/t20-/m0/s1. The molecule has 8 heteroatoms. The first-order valence-electron chi connectivity index (χ1n) is 10.2. The summed E-state index contributed by atoms with van der Waals surface area (Å²) in [6, 6.07) is 18.0. The predicted octanol–water partition coefficient (Wildman–Crippen LogP) is 3.85. The predicted molar refractivity (Wildman–Crippen MR) is 114 cm³/mol. The number of carbonyl (C=O) groups is 3. The Morgan fingerprint density at radius 3 is 1.90 bits per heavy atom. The molecular weight excluding hydrogens is 400 g/mol. The summed E-state index contributed by atoms with van der Waals surface area (Å²) in [4.78, 5) is 34.8. The molecule has 31 heavy (non-hydrogen) atoms. The van der Waals surface area contributed by atoms with Gasteiger partial charge in [-0.15, -0.1) is 0 Å². The van der Waals surface area contributed by atoms with Gasteiger partial charge in [-0.2, -0.15) is 0 Å². The van der Waals surface area contributed by atoms with Crippen LogP contribution >= 0.6 is 0 Å². The molecule has 0 bridgehead atoms. The topological polar surface area (TPSA) is 114 Å². The van der Waals surface area contributed by atoms with E-state index in [0.29, 0.717) is 25.8 Å². The van der Waals surface area contributed by atoms with Crippen LogP contribution in [0.25, 0.3) is 0 Å². The fraction of sp³-hybridized carbons (Fsp3) is 0.348. The number of carbonyl (C=O) groups excluding carboxylic acids is 2. The van der Waals surface area contributed by atoms with Crippen LogP contribution < -0.4 is 10.6 Å². The molecule has 0 heterocycles. The first kappa shape index (κ1) is 23.7. The van der Waals surface area contributed by atoms with Gasteiger partial charge in [-0.25, -0.2) is 9.59 Å². The molecule has 0 fully saturated rings. The summed E-state index contributed by atoms with van der Waals surface area (Å²) in [5, 5.41) is 14.3. The molecule has 2 amide bonds. The zero-order chi connectivity index (χ0) is 22.3. The Labute approximate surface area is 181 Å². The van der Waals surface area contributed by atoms with E-state index in [9.17, 15) is 14.4 Å². The van der Waals surface area contributed by atoms with E-state index in [1.807, 2.05) is 60.7 Å². The third-order valence-electron chi connectivity index (χ3n) is 4.42. The van der Waals surface area contributed by atoms with Crippen molar-refractivity contribution in [2.75, 3.05) is 6.54 Å². The summed E-state index contributed by atoms with van der Waals surface area (Å²) in [5.74, 6) is -1.00. The van der Waals surface area contributed by atoms with E-state index in [1.54, 1.807) is 0 Å². The highest BCUT2D eigenvalue weighted by Gasteiger charge is 2.16. The highest BCUT2D eigenvalue weighted by molar-refractivity contribution is 5.71. The van der Waals surface area contributed by atoms with Crippen molar-refractivity contribution in [2.24, 2.45) is 0 Å². The summed E-state index contributed by atoms with van der Waals surface area (Å²) in [7, 11) is 0. The molecule has 0 aliphatic carbocycles. The number of alkyl carbamates (subject to hydrolysis) is 2. The minimum atomic E-state index is -1.00. The van der Waals surface area contributed by atoms with Gasteiger partial charge in [-0.1, -0.05) is 60.7 Å². The zero-order valence-corrected chi connectivity index (χ0v) is 17.3. The number of aliphatic carboxylic acids is 1. The molecule has 0 saturated carbocycles. The van der Waals surface area contributed by atoms with Gasteiger partial charge in [-0.05, 0) is 30.4 Å². The molecule has 2 aromatic rings. The van der Waals surface area contributed by atoms with Crippen molar-refractivity contribution >= 4 is 18.2 Å². The van der Waals surface area contributed by atoms with Gasteiger partial charge in [0.15, 0.2) is 0 Å². The molecule has 0 radical (unpaired) electrons. The lowest BCUT2D eigenvalue weighted by molar-refractivity contribution is -0.137. The van der Waals surface area contributed by atoms with Crippen molar-refractivity contribution in [3.8, 4) is 0 Å². The van der Waals surface area contributed by atoms with Crippen molar-refractivity contribution in [2.45, 2.75) is 44.9 Å². The van der Waals surface area contributed by atoms with E-state index in [-0.39, 0.29) is 19.6 Å². The quantitative estimate of drug-likeness (QED) is 0.443. The maximum atomic E-state index is 12.0. The van der Waals surface area contributed by atoms with E-state index in [4.69, 9.17) is 14.6 Å². The Balaban J connectivity index is 1.62. The van der Waals surface area contributed by atoms with E-state index < -0.39 is 24.2 Å². The van der Waals surface area contributed by atoms with Crippen molar-refractivity contribution in [1.29, 1.82) is 0 Å². The van der Waals surface area contributed by atoms with Gasteiger partial charge >= 0.3 is 18.2 Å². The van der Waals surface area contributed by atoms with E-state index in [0.717, 1.165) is 11.1 Å². The number of carboxylic acid groups (broad SMARTS) is 1. The van der Waals surface area contributed by atoms with Crippen LogP contribution in [0.5, 0.6) is 0 Å². The van der Waals surface area contributed by atoms with Crippen LogP contribution in [0, 0.1) is 0 Å². The summed E-state index contributed by atoms with van der Waals surface area (Å²) in [6.45, 7) is 0.704. The number of hydrogen-bond acceptors (Lipinski definition) is 5. The molecule has 0 aromatic heterocycles. The Morgan fingerprint density at radius 1 is 0.806 bits per heavy atom. The largest absolute Gasteiger partial charge is 0.481 e. The van der Waals surface area contributed by atoms with Crippen LogP contribution in [-0.2, 0) is 27.5 Å². The smallest absolute Gasteiger partial charge is 0.407 e. The second-order valence-corrected chi connectivity index (χ2v) is 6.99. The molecule has 166 valence electrons. The maximum Gasteiger partial charge on any atom is 0.407 e. The van der Waals surface area contributed by atoms with Gasteiger partial charge in [0.05, 0.1) is 6.42 Å². The summed E-state index contributed by atoms with van der Waals surface area (Å²) >= 11 is 0. The fourth-order valence-corrected chi connectivity index (χ4v) is 2.85. The Kier molecular flexibility index (Phi) is 10.4. The van der Waals surface area contributed by atoms with Gasteiger partial charge < -0.3 is 25.2 Å². The van der Waals surface area contributed by atoms with Crippen LogP contribution in [0.4, 0.5) is 9.59 Å². The summed E-state index contributed by atoms with van der Waals surface area (Å²) in [5.41, 5.74) is 1.75. The Bertz CT molecular complexity index is 813.